The van der Waals surface area contributed by atoms with E-state index in [2.05, 4.69) is 0 Å². The van der Waals surface area contributed by atoms with Gasteiger partial charge in [0.25, 0.3) is 0 Å². The van der Waals surface area contributed by atoms with Gasteiger partial charge in [0.2, 0.25) is 0 Å². The molecule has 2 aliphatic carbocycles. The molecule has 1 atom stereocenters. The molecular formula is C12H21F2NO. The smallest absolute Gasteiger partial charge is 0.0977 e. The molecule has 4 heteroatoms. The molecule has 2 rings (SSSR count). The molecule has 0 radical (unpaired) electrons. The van der Waals surface area contributed by atoms with Crippen LogP contribution in [0.2, 0.25) is 0 Å². The minimum Gasteiger partial charge on any atom is -0.388 e. The monoisotopic (exact) mass is 233 g/mol. The fraction of sp³-hybridized carbons (Fsp3) is 1.00. The molecule has 0 amide bonds. The van der Waals surface area contributed by atoms with Crippen molar-refractivity contribution in [3.05, 3.63) is 0 Å². The normalized spacial score (nSPS) is 30.0. The Hall–Kier alpha value is -0.220. The van der Waals surface area contributed by atoms with E-state index in [9.17, 15) is 13.9 Å². The van der Waals surface area contributed by atoms with E-state index in [0.717, 1.165) is 25.7 Å². The van der Waals surface area contributed by atoms with Crippen LogP contribution in [0, 0.1) is 11.3 Å². The Balaban J connectivity index is 1.95. The lowest BCUT2D eigenvalue weighted by Crippen LogP contribution is -2.64. The molecule has 0 spiro atoms. The highest BCUT2D eigenvalue weighted by molar-refractivity contribution is 5.10. The van der Waals surface area contributed by atoms with Crippen LogP contribution < -0.4 is 5.73 Å². The zero-order valence-corrected chi connectivity index (χ0v) is 9.59. The number of hydrogen-bond acceptors (Lipinski definition) is 2. The first-order valence-electron chi connectivity index (χ1n) is 6.15. The van der Waals surface area contributed by atoms with E-state index in [1.54, 1.807) is 0 Å². The quantitative estimate of drug-likeness (QED) is 0.779. The van der Waals surface area contributed by atoms with Crippen molar-refractivity contribution in [2.45, 2.75) is 50.2 Å². The molecular weight excluding hydrogens is 212 g/mol. The van der Waals surface area contributed by atoms with E-state index in [1.807, 2.05) is 0 Å². The topological polar surface area (TPSA) is 46.2 Å². The van der Waals surface area contributed by atoms with Crippen LogP contribution in [0.25, 0.3) is 0 Å². The summed E-state index contributed by atoms with van der Waals surface area (Å²) in [5.41, 5.74) is 4.09. The second-order valence-corrected chi connectivity index (χ2v) is 5.79. The Morgan fingerprint density at radius 3 is 2.12 bits per heavy atom. The molecule has 0 saturated heterocycles. The Kier molecular flexibility index (Phi) is 3.23. The summed E-state index contributed by atoms with van der Waals surface area (Å²) in [4.78, 5) is 0. The number of hydrogen-bond donors (Lipinski definition) is 2. The number of alkyl halides is 2. The zero-order valence-electron chi connectivity index (χ0n) is 9.59. The van der Waals surface area contributed by atoms with Crippen molar-refractivity contribution in [3.8, 4) is 0 Å². The van der Waals surface area contributed by atoms with Crippen molar-refractivity contribution >= 4 is 0 Å². The zero-order chi connectivity index (χ0) is 11.8. The molecule has 2 nitrogen and oxygen atoms in total. The first kappa shape index (κ1) is 12.2. The minimum atomic E-state index is -1.02. The number of nitrogens with two attached hydrogens (primary N) is 1. The maximum Gasteiger partial charge on any atom is 0.0977 e. The van der Waals surface area contributed by atoms with Crippen molar-refractivity contribution in [2.75, 3.05) is 13.3 Å². The van der Waals surface area contributed by atoms with Crippen molar-refractivity contribution in [1.29, 1.82) is 0 Å². The van der Waals surface area contributed by atoms with Gasteiger partial charge in [-0.15, -0.1) is 0 Å². The van der Waals surface area contributed by atoms with E-state index in [1.165, 1.54) is 0 Å². The molecule has 0 aromatic rings. The van der Waals surface area contributed by atoms with Gasteiger partial charge in [0.05, 0.1) is 19.0 Å². The Bertz CT molecular complexity index is 241. The highest BCUT2D eigenvalue weighted by Gasteiger charge is 2.58. The summed E-state index contributed by atoms with van der Waals surface area (Å²) in [6.45, 7) is -1.38. The van der Waals surface area contributed by atoms with E-state index in [4.69, 9.17) is 5.73 Å². The van der Waals surface area contributed by atoms with Crippen LogP contribution in [0.15, 0.2) is 0 Å². The van der Waals surface area contributed by atoms with Crippen LogP contribution in [0.5, 0.6) is 0 Å². The molecule has 0 heterocycles. The Morgan fingerprint density at radius 1 is 1.19 bits per heavy atom. The van der Waals surface area contributed by atoms with Gasteiger partial charge in [-0.2, -0.15) is 0 Å². The van der Waals surface area contributed by atoms with Crippen LogP contribution in [0.1, 0.15) is 38.5 Å². The van der Waals surface area contributed by atoms with Crippen LogP contribution in [-0.4, -0.2) is 30.1 Å². The molecule has 16 heavy (non-hydrogen) atoms. The third-order valence-electron chi connectivity index (χ3n) is 4.46. The molecule has 0 aliphatic heterocycles. The summed E-state index contributed by atoms with van der Waals surface area (Å²) in [7, 11) is 0. The summed E-state index contributed by atoms with van der Waals surface area (Å²) in [5, 5.41) is 10.3. The van der Waals surface area contributed by atoms with Crippen molar-refractivity contribution in [1.82, 2.24) is 0 Å². The van der Waals surface area contributed by atoms with E-state index >= 15 is 0 Å². The fourth-order valence-electron chi connectivity index (χ4n) is 3.46. The molecule has 2 saturated carbocycles. The standard InChI is InChI=1S/C12H21F2NO/c13-7-11(8-14)5-12(16,6-11)10(15)9-3-1-2-4-9/h9-10,16H,1-8,15H2. The second kappa shape index (κ2) is 4.22. The lowest BCUT2D eigenvalue weighted by atomic mass is 9.56. The van der Waals surface area contributed by atoms with Gasteiger partial charge in [0.1, 0.15) is 0 Å². The number of aliphatic hydroxyl groups is 1. The van der Waals surface area contributed by atoms with Crippen LogP contribution >= 0.6 is 0 Å². The third kappa shape index (κ3) is 1.86. The van der Waals surface area contributed by atoms with Crippen LogP contribution in [-0.2, 0) is 0 Å². The predicted octanol–water partition coefficient (Wildman–Crippen LogP) is 1.95. The molecule has 2 aliphatic rings. The molecule has 1 unspecified atom stereocenters. The Morgan fingerprint density at radius 2 is 1.69 bits per heavy atom. The average Bonchev–Trinajstić information content (AvgIpc) is 2.76. The van der Waals surface area contributed by atoms with Gasteiger partial charge in [0, 0.05) is 11.5 Å². The van der Waals surface area contributed by atoms with Crippen molar-refractivity contribution in [3.63, 3.8) is 0 Å². The van der Waals surface area contributed by atoms with Gasteiger partial charge in [-0.25, -0.2) is 0 Å². The maximum absolute atomic E-state index is 12.7. The van der Waals surface area contributed by atoms with E-state index in [-0.39, 0.29) is 18.9 Å². The van der Waals surface area contributed by atoms with Crippen LogP contribution in [0.3, 0.4) is 0 Å². The summed E-state index contributed by atoms with van der Waals surface area (Å²) in [6.07, 6.45) is 4.77. The highest BCUT2D eigenvalue weighted by atomic mass is 19.1. The predicted molar refractivity (Wildman–Crippen MR) is 58.5 cm³/mol. The van der Waals surface area contributed by atoms with Gasteiger partial charge in [-0.05, 0) is 31.6 Å². The molecule has 0 aromatic carbocycles. The lowest BCUT2D eigenvalue weighted by molar-refractivity contribution is -0.164. The first-order valence-corrected chi connectivity index (χ1v) is 6.15. The van der Waals surface area contributed by atoms with Gasteiger partial charge in [-0.3, -0.25) is 8.78 Å². The van der Waals surface area contributed by atoms with Gasteiger partial charge < -0.3 is 10.8 Å². The average molecular weight is 233 g/mol. The van der Waals surface area contributed by atoms with E-state index in [0.29, 0.717) is 5.92 Å². The fourth-order valence-corrected chi connectivity index (χ4v) is 3.46. The molecule has 2 fully saturated rings. The third-order valence-corrected chi connectivity index (χ3v) is 4.46. The summed E-state index contributed by atoms with van der Waals surface area (Å²) in [5.74, 6) is 0.335. The highest BCUT2D eigenvalue weighted by Crippen LogP contribution is 2.52. The maximum atomic E-state index is 12.7. The van der Waals surface area contributed by atoms with Crippen LogP contribution in [0.4, 0.5) is 8.78 Å². The van der Waals surface area contributed by atoms with Gasteiger partial charge in [0.15, 0.2) is 0 Å². The molecule has 94 valence electrons. The molecule has 3 N–H and O–H groups in total. The number of rotatable bonds is 4. The van der Waals surface area contributed by atoms with E-state index < -0.39 is 24.4 Å². The first-order chi connectivity index (χ1) is 7.55. The SMILES string of the molecule is NC(C1CCCC1)C1(O)CC(CF)(CF)C1. The lowest BCUT2D eigenvalue weighted by Gasteiger charge is -2.54. The number of halogens is 2. The Labute approximate surface area is 95.2 Å². The van der Waals surface area contributed by atoms with Gasteiger partial charge in [-0.1, -0.05) is 12.8 Å². The minimum absolute atomic E-state index is 0.185. The molecule has 0 bridgehead atoms. The summed E-state index contributed by atoms with van der Waals surface area (Å²) < 4.78 is 25.4. The summed E-state index contributed by atoms with van der Waals surface area (Å²) in [6, 6.07) is -0.304. The molecule has 0 aromatic heterocycles. The van der Waals surface area contributed by atoms with Crippen molar-refractivity contribution < 1.29 is 13.9 Å². The largest absolute Gasteiger partial charge is 0.388 e. The van der Waals surface area contributed by atoms with Crippen molar-refractivity contribution in [2.24, 2.45) is 17.1 Å². The summed E-state index contributed by atoms with van der Waals surface area (Å²) >= 11 is 0. The second-order valence-electron chi connectivity index (χ2n) is 5.79. The van der Waals surface area contributed by atoms with Gasteiger partial charge >= 0.3 is 0 Å².